The number of carbonyl (C=O) groups is 1. The van der Waals surface area contributed by atoms with E-state index in [1.54, 1.807) is 7.11 Å². The maximum atomic E-state index is 13.1. The number of hydrogen-bond acceptors (Lipinski definition) is 6. The van der Waals surface area contributed by atoms with Crippen molar-refractivity contribution in [2.24, 2.45) is 0 Å². The van der Waals surface area contributed by atoms with Gasteiger partial charge in [0.05, 0.1) is 13.7 Å². The standard InChI is InChI=1S/C27H36N2O5/c1-4-6-13-28(5-2)27(30)17-29-16-21(20-11-12-25-26(15-20)34-19-33-25)14-22(29)18-32-24-10-8-7-9-23(24)31-3/h7-12,15,21-22H,4-6,13-14,16-19H2,1-3H3. The number of likely N-dealkylation sites (tertiary alicyclic amines) is 1. The summed E-state index contributed by atoms with van der Waals surface area (Å²) in [5, 5.41) is 0. The van der Waals surface area contributed by atoms with E-state index in [-0.39, 0.29) is 18.7 Å². The Bertz CT molecular complexity index is 966. The fraction of sp³-hybridized carbons (Fsp3) is 0.519. The second kappa shape index (κ2) is 11.5. The smallest absolute Gasteiger partial charge is 0.236 e. The molecule has 0 aliphatic carbocycles. The van der Waals surface area contributed by atoms with Gasteiger partial charge in [-0.25, -0.2) is 0 Å². The van der Waals surface area contributed by atoms with Crippen LogP contribution in [0.15, 0.2) is 42.5 Å². The molecule has 7 nitrogen and oxygen atoms in total. The highest BCUT2D eigenvalue weighted by molar-refractivity contribution is 5.78. The van der Waals surface area contributed by atoms with Crippen molar-refractivity contribution in [2.75, 3.05) is 46.7 Å². The fourth-order valence-electron chi connectivity index (χ4n) is 4.77. The van der Waals surface area contributed by atoms with Gasteiger partial charge in [0.25, 0.3) is 0 Å². The van der Waals surface area contributed by atoms with Crippen molar-refractivity contribution in [3.8, 4) is 23.0 Å². The first kappa shape index (κ1) is 24.2. The van der Waals surface area contributed by atoms with Gasteiger partial charge in [-0.05, 0) is 55.5 Å². The molecule has 0 saturated carbocycles. The van der Waals surface area contributed by atoms with Gasteiger partial charge in [0.1, 0.15) is 6.61 Å². The third-order valence-corrected chi connectivity index (χ3v) is 6.75. The Kier molecular flexibility index (Phi) is 8.16. The van der Waals surface area contributed by atoms with Crippen LogP contribution in [0.4, 0.5) is 0 Å². The van der Waals surface area contributed by atoms with Gasteiger partial charge in [-0.1, -0.05) is 31.5 Å². The minimum absolute atomic E-state index is 0.120. The summed E-state index contributed by atoms with van der Waals surface area (Å²) in [7, 11) is 1.65. The number of para-hydroxylation sites is 2. The van der Waals surface area contributed by atoms with Crippen LogP contribution < -0.4 is 18.9 Å². The van der Waals surface area contributed by atoms with Crippen LogP contribution in [-0.2, 0) is 4.79 Å². The summed E-state index contributed by atoms with van der Waals surface area (Å²) in [6, 6.07) is 14.0. The number of likely N-dealkylation sites (N-methyl/N-ethyl adjacent to an activating group) is 1. The Balaban J connectivity index is 1.48. The number of amides is 1. The van der Waals surface area contributed by atoms with E-state index in [9.17, 15) is 4.79 Å². The van der Waals surface area contributed by atoms with Crippen LogP contribution >= 0.6 is 0 Å². The third-order valence-electron chi connectivity index (χ3n) is 6.75. The lowest BCUT2D eigenvalue weighted by atomic mass is 9.96. The Morgan fingerprint density at radius 3 is 2.68 bits per heavy atom. The Morgan fingerprint density at radius 1 is 1.12 bits per heavy atom. The number of ether oxygens (including phenoxy) is 4. The highest BCUT2D eigenvalue weighted by atomic mass is 16.7. The number of benzene rings is 2. The number of hydrogen-bond donors (Lipinski definition) is 0. The minimum atomic E-state index is 0.120. The summed E-state index contributed by atoms with van der Waals surface area (Å²) in [5.74, 6) is 3.50. The van der Waals surface area contributed by atoms with E-state index >= 15 is 0 Å². The van der Waals surface area contributed by atoms with Crippen LogP contribution in [0.5, 0.6) is 23.0 Å². The predicted molar refractivity (Wildman–Crippen MR) is 131 cm³/mol. The normalized spacial score (nSPS) is 19.3. The number of unbranched alkanes of at least 4 members (excludes halogenated alkanes) is 1. The molecule has 2 heterocycles. The van der Waals surface area contributed by atoms with Gasteiger partial charge in [-0.3, -0.25) is 9.69 Å². The van der Waals surface area contributed by atoms with Gasteiger partial charge < -0.3 is 23.8 Å². The van der Waals surface area contributed by atoms with Gasteiger partial charge in [-0.15, -0.1) is 0 Å². The summed E-state index contributed by atoms with van der Waals surface area (Å²) in [6.07, 6.45) is 3.01. The lowest BCUT2D eigenvalue weighted by molar-refractivity contribution is -0.132. The zero-order valence-electron chi connectivity index (χ0n) is 20.5. The van der Waals surface area contributed by atoms with Gasteiger partial charge in [0.15, 0.2) is 23.0 Å². The molecule has 2 aromatic rings. The quantitative estimate of drug-likeness (QED) is 0.490. The number of nitrogens with zero attached hydrogens (tertiary/aromatic N) is 2. The van der Waals surface area contributed by atoms with Crippen LogP contribution in [0.1, 0.15) is 44.6 Å². The highest BCUT2D eigenvalue weighted by Crippen LogP contribution is 2.39. The average Bonchev–Trinajstić information content (AvgIpc) is 3.49. The molecule has 2 atom stereocenters. The molecule has 7 heteroatoms. The molecule has 1 saturated heterocycles. The lowest BCUT2D eigenvalue weighted by Crippen LogP contribution is -2.44. The molecule has 0 radical (unpaired) electrons. The van der Waals surface area contributed by atoms with Crippen LogP contribution in [0.25, 0.3) is 0 Å². The molecule has 4 rings (SSSR count). The van der Waals surface area contributed by atoms with Crippen LogP contribution in [0, 0.1) is 0 Å². The molecular weight excluding hydrogens is 432 g/mol. The van der Waals surface area contributed by atoms with E-state index in [0.29, 0.717) is 24.8 Å². The molecule has 0 N–H and O–H groups in total. The number of fused-ring (bicyclic) bond motifs is 1. The maximum Gasteiger partial charge on any atom is 0.236 e. The second-order valence-corrected chi connectivity index (χ2v) is 8.92. The predicted octanol–water partition coefficient (Wildman–Crippen LogP) is 4.31. The van der Waals surface area contributed by atoms with Crippen molar-refractivity contribution in [3.05, 3.63) is 48.0 Å². The third kappa shape index (κ3) is 5.58. The highest BCUT2D eigenvalue weighted by Gasteiger charge is 2.36. The first-order valence-electron chi connectivity index (χ1n) is 12.3. The molecule has 2 aromatic carbocycles. The summed E-state index contributed by atoms with van der Waals surface area (Å²) in [4.78, 5) is 17.4. The topological polar surface area (TPSA) is 60.5 Å². The number of methoxy groups -OCH3 is 1. The molecule has 1 fully saturated rings. The summed E-state index contributed by atoms with van der Waals surface area (Å²) < 4.78 is 22.7. The Hall–Kier alpha value is -2.93. The maximum absolute atomic E-state index is 13.1. The van der Waals surface area contributed by atoms with Gasteiger partial charge in [-0.2, -0.15) is 0 Å². The van der Waals surface area contributed by atoms with Crippen molar-refractivity contribution in [3.63, 3.8) is 0 Å². The van der Waals surface area contributed by atoms with Crippen molar-refractivity contribution in [2.45, 2.75) is 45.1 Å². The van der Waals surface area contributed by atoms with Crippen LogP contribution in [0.3, 0.4) is 0 Å². The molecule has 2 aliphatic rings. The van der Waals surface area contributed by atoms with Crippen molar-refractivity contribution < 1.29 is 23.7 Å². The Labute approximate surface area is 202 Å². The number of carbonyl (C=O) groups excluding carboxylic acids is 1. The second-order valence-electron chi connectivity index (χ2n) is 8.92. The zero-order chi connectivity index (χ0) is 23.9. The number of rotatable bonds is 11. The molecule has 1 amide bonds. The van der Waals surface area contributed by atoms with Crippen LogP contribution in [-0.4, -0.2) is 68.4 Å². The summed E-state index contributed by atoms with van der Waals surface area (Å²) in [5.41, 5.74) is 1.21. The van der Waals surface area contributed by atoms with Crippen molar-refractivity contribution >= 4 is 5.91 Å². The molecular formula is C27H36N2O5. The SMILES string of the molecule is CCCCN(CC)C(=O)CN1CC(c2ccc3c(c2)OCO3)CC1COc1ccccc1OC. The van der Waals surface area contributed by atoms with E-state index < -0.39 is 0 Å². The summed E-state index contributed by atoms with van der Waals surface area (Å²) in [6.45, 7) is 7.72. The van der Waals surface area contributed by atoms with E-state index in [2.05, 4.69) is 30.9 Å². The lowest BCUT2D eigenvalue weighted by Gasteiger charge is -2.28. The van der Waals surface area contributed by atoms with Crippen LogP contribution in [0.2, 0.25) is 0 Å². The van der Waals surface area contributed by atoms with Crippen molar-refractivity contribution in [1.82, 2.24) is 9.80 Å². The fourth-order valence-corrected chi connectivity index (χ4v) is 4.77. The molecule has 0 spiro atoms. The van der Waals surface area contributed by atoms with Gasteiger partial charge in [0, 0.05) is 25.7 Å². The monoisotopic (exact) mass is 468 g/mol. The minimum Gasteiger partial charge on any atom is -0.493 e. The van der Waals surface area contributed by atoms with E-state index in [4.69, 9.17) is 18.9 Å². The first-order chi connectivity index (χ1) is 16.6. The molecule has 2 aliphatic heterocycles. The van der Waals surface area contributed by atoms with Crippen molar-refractivity contribution in [1.29, 1.82) is 0 Å². The largest absolute Gasteiger partial charge is 0.493 e. The van der Waals surface area contributed by atoms with Gasteiger partial charge in [0.2, 0.25) is 12.7 Å². The molecule has 184 valence electrons. The first-order valence-corrected chi connectivity index (χ1v) is 12.3. The average molecular weight is 469 g/mol. The molecule has 0 bridgehead atoms. The zero-order valence-corrected chi connectivity index (χ0v) is 20.5. The van der Waals surface area contributed by atoms with E-state index in [0.717, 1.165) is 56.1 Å². The molecule has 2 unspecified atom stereocenters. The van der Waals surface area contributed by atoms with E-state index in [1.165, 1.54) is 5.56 Å². The summed E-state index contributed by atoms with van der Waals surface area (Å²) >= 11 is 0. The van der Waals surface area contributed by atoms with E-state index in [1.807, 2.05) is 35.2 Å². The Morgan fingerprint density at radius 2 is 1.91 bits per heavy atom. The van der Waals surface area contributed by atoms with Gasteiger partial charge >= 0.3 is 0 Å². The molecule has 34 heavy (non-hydrogen) atoms. The molecule has 0 aromatic heterocycles.